The zero-order valence-electron chi connectivity index (χ0n) is 15.5. The number of carbonyl (C=O) groups excluding carboxylic acids is 1. The summed E-state index contributed by atoms with van der Waals surface area (Å²) in [6.45, 7) is 0. The highest BCUT2D eigenvalue weighted by atomic mass is 16.5. The molecule has 1 N–H and O–H groups in total. The van der Waals surface area contributed by atoms with Crippen LogP contribution in [0, 0.1) is 0 Å². The number of aliphatic carboxylic acids is 1. The second-order valence-corrected chi connectivity index (χ2v) is 7.26. The van der Waals surface area contributed by atoms with Gasteiger partial charge in [-0.3, -0.25) is 9.59 Å². The minimum Gasteiger partial charge on any atom is -0.493 e. The first-order valence-corrected chi connectivity index (χ1v) is 9.17. The van der Waals surface area contributed by atoms with Crippen molar-refractivity contribution >= 4 is 11.8 Å². The van der Waals surface area contributed by atoms with Gasteiger partial charge in [-0.15, -0.1) is 0 Å². The molecule has 0 aliphatic heterocycles. The third kappa shape index (κ3) is 2.52. The average molecular weight is 366 g/mol. The Morgan fingerprint density at radius 3 is 2.37 bits per heavy atom. The summed E-state index contributed by atoms with van der Waals surface area (Å²) in [6, 6.07) is 9.48. The molecule has 2 aromatic rings. The quantitative estimate of drug-likeness (QED) is 0.866. The van der Waals surface area contributed by atoms with Crippen molar-refractivity contribution in [3.05, 3.63) is 47.0 Å². The molecule has 0 radical (unpaired) electrons. The van der Waals surface area contributed by atoms with Gasteiger partial charge < -0.3 is 14.6 Å². The van der Waals surface area contributed by atoms with E-state index in [4.69, 9.17) is 9.47 Å². The minimum atomic E-state index is -0.968. The summed E-state index contributed by atoms with van der Waals surface area (Å²) >= 11 is 0. The molecule has 2 aliphatic rings. The third-order valence-corrected chi connectivity index (χ3v) is 5.98. The Hall–Kier alpha value is -2.82. The van der Waals surface area contributed by atoms with Gasteiger partial charge in [0, 0.05) is 17.5 Å². The molecule has 0 aromatic heterocycles. The predicted octanol–water partition coefficient (Wildman–Crippen LogP) is 4.01. The van der Waals surface area contributed by atoms with Gasteiger partial charge in [-0.05, 0) is 42.0 Å². The molecule has 2 aromatic carbocycles. The molecule has 0 saturated heterocycles. The Bertz CT molecular complexity index is 940. The van der Waals surface area contributed by atoms with Crippen molar-refractivity contribution in [2.75, 3.05) is 14.2 Å². The number of methoxy groups -OCH3 is 2. The van der Waals surface area contributed by atoms with Crippen molar-refractivity contribution in [2.45, 2.75) is 37.5 Å². The second-order valence-electron chi connectivity index (χ2n) is 7.26. The van der Waals surface area contributed by atoms with Crippen LogP contribution < -0.4 is 9.47 Å². The maximum absolute atomic E-state index is 12.2. The molecular weight excluding hydrogens is 344 g/mol. The SMILES string of the molecule is COc1ccc(-c2ccc3c(c2)CCC3=O)c(C2(C(=O)O)CCC2)c1OC. The van der Waals surface area contributed by atoms with Gasteiger partial charge >= 0.3 is 5.97 Å². The fourth-order valence-corrected chi connectivity index (χ4v) is 4.37. The van der Waals surface area contributed by atoms with E-state index in [9.17, 15) is 14.7 Å². The van der Waals surface area contributed by atoms with Gasteiger partial charge in [0.15, 0.2) is 17.3 Å². The van der Waals surface area contributed by atoms with Gasteiger partial charge in [-0.1, -0.05) is 30.7 Å². The van der Waals surface area contributed by atoms with E-state index < -0.39 is 11.4 Å². The lowest BCUT2D eigenvalue weighted by atomic mass is 9.62. The maximum atomic E-state index is 12.2. The van der Waals surface area contributed by atoms with Crippen molar-refractivity contribution in [3.8, 4) is 22.6 Å². The normalized spacial score (nSPS) is 17.2. The van der Waals surface area contributed by atoms with Crippen LogP contribution >= 0.6 is 0 Å². The van der Waals surface area contributed by atoms with Crippen LogP contribution in [0.2, 0.25) is 0 Å². The minimum absolute atomic E-state index is 0.171. The van der Waals surface area contributed by atoms with Crippen LogP contribution in [0.25, 0.3) is 11.1 Å². The molecule has 0 bridgehead atoms. The van der Waals surface area contributed by atoms with Crippen LogP contribution in [-0.2, 0) is 16.6 Å². The van der Waals surface area contributed by atoms with Crippen molar-refractivity contribution < 1.29 is 24.2 Å². The van der Waals surface area contributed by atoms with Crippen LogP contribution in [-0.4, -0.2) is 31.1 Å². The van der Waals surface area contributed by atoms with Crippen LogP contribution in [0.4, 0.5) is 0 Å². The van der Waals surface area contributed by atoms with E-state index in [1.807, 2.05) is 30.3 Å². The first-order valence-electron chi connectivity index (χ1n) is 9.17. The smallest absolute Gasteiger partial charge is 0.314 e. The Labute approximate surface area is 157 Å². The maximum Gasteiger partial charge on any atom is 0.314 e. The largest absolute Gasteiger partial charge is 0.493 e. The Morgan fingerprint density at radius 1 is 1.04 bits per heavy atom. The summed E-state index contributed by atoms with van der Waals surface area (Å²) in [5.41, 5.74) is 3.24. The zero-order valence-corrected chi connectivity index (χ0v) is 15.5. The highest BCUT2D eigenvalue weighted by Gasteiger charge is 2.49. The lowest BCUT2D eigenvalue weighted by Gasteiger charge is -2.40. The van der Waals surface area contributed by atoms with E-state index in [1.165, 1.54) is 0 Å². The average Bonchev–Trinajstić information content (AvgIpc) is 3.00. The zero-order chi connectivity index (χ0) is 19.2. The number of fused-ring (bicyclic) bond motifs is 1. The Kier molecular flexibility index (Phi) is 4.17. The molecule has 0 atom stereocenters. The van der Waals surface area contributed by atoms with Crippen LogP contribution in [0.5, 0.6) is 11.5 Å². The van der Waals surface area contributed by atoms with Crippen molar-refractivity contribution in [1.82, 2.24) is 0 Å². The molecular formula is C22H22O5. The molecule has 1 fully saturated rings. The monoisotopic (exact) mass is 366 g/mol. The van der Waals surface area contributed by atoms with E-state index in [1.54, 1.807) is 14.2 Å². The molecule has 0 spiro atoms. The number of ketones is 1. The number of ether oxygens (including phenoxy) is 2. The Morgan fingerprint density at radius 2 is 1.78 bits per heavy atom. The summed E-state index contributed by atoms with van der Waals surface area (Å²) in [5, 5.41) is 10.0. The third-order valence-electron chi connectivity index (χ3n) is 5.98. The van der Waals surface area contributed by atoms with Gasteiger partial charge in [0.25, 0.3) is 0 Å². The number of rotatable bonds is 5. The number of hydrogen-bond donors (Lipinski definition) is 1. The van der Waals surface area contributed by atoms with Gasteiger partial charge in [-0.25, -0.2) is 0 Å². The van der Waals surface area contributed by atoms with Gasteiger partial charge in [-0.2, -0.15) is 0 Å². The standard InChI is InChI=1S/C22H22O5/c1-26-18-9-7-16(14-4-6-15-13(12-14)5-8-17(15)23)19(20(18)27-2)22(21(24)25)10-3-11-22/h4,6-7,9,12H,3,5,8,10-11H2,1-2H3,(H,24,25). The summed E-state index contributed by atoms with van der Waals surface area (Å²) in [7, 11) is 3.09. The van der Waals surface area contributed by atoms with E-state index in [0.717, 1.165) is 35.1 Å². The van der Waals surface area contributed by atoms with E-state index in [-0.39, 0.29) is 5.78 Å². The lowest BCUT2D eigenvalue weighted by Crippen LogP contribution is -2.43. The number of hydrogen-bond acceptors (Lipinski definition) is 4. The lowest BCUT2D eigenvalue weighted by molar-refractivity contribution is -0.147. The molecule has 0 unspecified atom stereocenters. The molecule has 0 heterocycles. The highest BCUT2D eigenvalue weighted by Crippen LogP contribution is 2.53. The predicted molar refractivity (Wildman–Crippen MR) is 101 cm³/mol. The first kappa shape index (κ1) is 17.6. The van der Waals surface area contributed by atoms with E-state index in [2.05, 4.69) is 0 Å². The number of carboxylic acids is 1. The van der Waals surface area contributed by atoms with Crippen molar-refractivity contribution in [1.29, 1.82) is 0 Å². The van der Waals surface area contributed by atoms with Crippen LogP contribution in [0.3, 0.4) is 0 Å². The molecule has 5 nitrogen and oxygen atoms in total. The molecule has 5 heteroatoms. The molecule has 27 heavy (non-hydrogen) atoms. The molecule has 140 valence electrons. The molecule has 4 rings (SSSR count). The van der Waals surface area contributed by atoms with Crippen molar-refractivity contribution in [2.24, 2.45) is 0 Å². The summed E-state index contributed by atoms with van der Waals surface area (Å²) < 4.78 is 11.1. The molecule has 2 aliphatic carbocycles. The van der Waals surface area contributed by atoms with E-state index in [0.29, 0.717) is 36.3 Å². The molecule has 0 amide bonds. The summed E-state index contributed by atoms with van der Waals surface area (Å²) in [5.74, 6) is 0.344. The second kappa shape index (κ2) is 6.41. The van der Waals surface area contributed by atoms with Crippen LogP contribution in [0.1, 0.15) is 47.2 Å². The number of benzene rings is 2. The fourth-order valence-electron chi connectivity index (χ4n) is 4.37. The Balaban J connectivity index is 1.96. The number of aryl methyl sites for hydroxylation is 1. The number of carboxylic acid groups (broad SMARTS) is 1. The molecule has 1 saturated carbocycles. The van der Waals surface area contributed by atoms with Crippen molar-refractivity contribution in [3.63, 3.8) is 0 Å². The van der Waals surface area contributed by atoms with Crippen LogP contribution in [0.15, 0.2) is 30.3 Å². The number of Topliss-reactive ketones (excluding diaryl/α,β-unsaturated/α-hetero) is 1. The summed E-state index contributed by atoms with van der Waals surface area (Å²) in [6.07, 6.45) is 3.28. The summed E-state index contributed by atoms with van der Waals surface area (Å²) in [4.78, 5) is 24.2. The topological polar surface area (TPSA) is 72.8 Å². The van der Waals surface area contributed by atoms with Gasteiger partial charge in [0.2, 0.25) is 0 Å². The first-order chi connectivity index (χ1) is 13.0. The van der Waals surface area contributed by atoms with Gasteiger partial charge in [0.05, 0.1) is 19.6 Å². The highest BCUT2D eigenvalue weighted by molar-refractivity contribution is 6.01. The van der Waals surface area contributed by atoms with E-state index >= 15 is 0 Å². The fraction of sp³-hybridized carbons (Fsp3) is 0.364. The number of carbonyl (C=O) groups is 2. The van der Waals surface area contributed by atoms with Gasteiger partial charge in [0.1, 0.15) is 0 Å².